The number of rotatable bonds is 4. The average Bonchev–Trinajstić information content (AvgIpc) is 2.83. The van der Waals surface area contributed by atoms with Crippen molar-refractivity contribution in [1.29, 1.82) is 5.26 Å². The Morgan fingerprint density at radius 2 is 2.11 bits per heavy atom. The first-order valence-corrected chi connectivity index (χ1v) is 6.06. The highest BCUT2D eigenvalue weighted by Crippen LogP contribution is 2.12. The summed E-state index contributed by atoms with van der Waals surface area (Å²) in [5.74, 6) is -0.403. The molecule has 0 atom stereocenters. The fourth-order valence-electron chi connectivity index (χ4n) is 1.86. The molecule has 1 aromatic heterocycles. The molecule has 0 aliphatic heterocycles. The summed E-state index contributed by atoms with van der Waals surface area (Å²) in [6, 6.07) is 13.4. The predicted molar refractivity (Wildman–Crippen MR) is 70.6 cm³/mol. The molecule has 0 bridgehead atoms. The first kappa shape index (κ1) is 12.9. The molecule has 0 aliphatic rings. The molecule has 4 heteroatoms. The quantitative estimate of drug-likeness (QED) is 0.788. The first-order valence-electron chi connectivity index (χ1n) is 6.06. The molecule has 0 aliphatic carbocycles. The van der Waals surface area contributed by atoms with Crippen molar-refractivity contribution < 1.29 is 9.53 Å². The van der Waals surface area contributed by atoms with Gasteiger partial charge < -0.3 is 9.30 Å². The number of hydrogen-bond acceptors (Lipinski definition) is 3. The molecule has 19 heavy (non-hydrogen) atoms. The van der Waals surface area contributed by atoms with Crippen molar-refractivity contribution in [2.75, 3.05) is 6.61 Å². The van der Waals surface area contributed by atoms with E-state index in [1.807, 2.05) is 36.4 Å². The summed E-state index contributed by atoms with van der Waals surface area (Å²) < 4.78 is 6.74. The number of carbonyl (C=O) groups excluding carboxylic acids is 1. The number of benzene rings is 1. The van der Waals surface area contributed by atoms with Gasteiger partial charge in [0.05, 0.1) is 12.2 Å². The first-order chi connectivity index (χ1) is 9.24. The summed E-state index contributed by atoms with van der Waals surface area (Å²) in [6.07, 6.45) is 1.67. The van der Waals surface area contributed by atoms with Crippen molar-refractivity contribution in [3.63, 3.8) is 0 Å². The van der Waals surface area contributed by atoms with Gasteiger partial charge in [-0.2, -0.15) is 5.26 Å². The third-order valence-electron chi connectivity index (χ3n) is 2.71. The number of hydrogen-bond donors (Lipinski definition) is 0. The highest BCUT2D eigenvalue weighted by molar-refractivity contribution is 5.88. The second kappa shape index (κ2) is 5.87. The van der Waals surface area contributed by atoms with Gasteiger partial charge in [0.1, 0.15) is 11.8 Å². The topological polar surface area (TPSA) is 55.0 Å². The number of carbonyl (C=O) groups is 1. The van der Waals surface area contributed by atoms with Crippen LogP contribution >= 0.6 is 0 Å². The Balaban J connectivity index is 2.31. The van der Waals surface area contributed by atoms with Crippen molar-refractivity contribution in [3.05, 3.63) is 59.4 Å². The second-order valence-corrected chi connectivity index (χ2v) is 4.06. The van der Waals surface area contributed by atoms with Crippen LogP contribution in [0, 0.1) is 11.3 Å². The van der Waals surface area contributed by atoms with Gasteiger partial charge in [-0.15, -0.1) is 0 Å². The molecule has 0 spiro atoms. The van der Waals surface area contributed by atoms with Crippen LogP contribution in [-0.2, 0) is 11.3 Å². The van der Waals surface area contributed by atoms with Gasteiger partial charge in [0.25, 0.3) is 0 Å². The Kier molecular flexibility index (Phi) is 3.99. The summed E-state index contributed by atoms with van der Waals surface area (Å²) in [6.45, 7) is 2.61. The molecule has 96 valence electrons. The van der Waals surface area contributed by atoms with E-state index in [1.165, 1.54) is 0 Å². The molecule has 1 heterocycles. The summed E-state index contributed by atoms with van der Waals surface area (Å²) in [7, 11) is 0. The lowest BCUT2D eigenvalue weighted by Crippen LogP contribution is -2.12. The van der Waals surface area contributed by atoms with Gasteiger partial charge >= 0.3 is 5.97 Å². The third kappa shape index (κ3) is 3.02. The molecule has 2 rings (SSSR count). The lowest BCUT2D eigenvalue weighted by atomic mass is 10.2. The maximum Gasteiger partial charge on any atom is 0.354 e. The molecule has 0 amide bonds. The molecule has 1 aromatic carbocycles. The van der Waals surface area contributed by atoms with E-state index in [0.717, 1.165) is 5.56 Å². The lowest BCUT2D eigenvalue weighted by molar-refractivity contribution is 0.0514. The minimum atomic E-state index is -0.403. The molecular formula is C15H14N2O2. The fraction of sp³-hybridized carbons (Fsp3) is 0.200. The molecule has 0 saturated heterocycles. The predicted octanol–water partition coefficient (Wildman–Crippen LogP) is 2.58. The summed E-state index contributed by atoms with van der Waals surface area (Å²) in [5, 5.41) is 8.94. The van der Waals surface area contributed by atoms with Crippen LogP contribution in [0.15, 0.2) is 42.6 Å². The monoisotopic (exact) mass is 254 g/mol. The molecule has 0 radical (unpaired) electrons. The Morgan fingerprint density at radius 1 is 1.37 bits per heavy atom. The number of ether oxygens (including phenoxy) is 1. The fourth-order valence-corrected chi connectivity index (χ4v) is 1.86. The highest BCUT2D eigenvalue weighted by atomic mass is 16.5. The van der Waals surface area contributed by atoms with Gasteiger partial charge in [0.15, 0.2) is 0 Å². The van der Waals surface area contributed by atoms with E-state index in [4.69, 9.17) is 10.00 Å². The van der Waals surface area contributed by atoms with Crippen LogP contribution in [0.1, 0.15) is 28.5 Å². The van der Waals surface area contributed by atoms with Gasteiger partial charge in [-0.1, -0.05) is 30.3 Å². The van der Waals surface area contributed by atoms with E-state index < -0.39 is 5.97 Å². The van der Waals surface area contributed by atoms with E-state index in [-0.39, 0.29) is 0 Å². The zero-order valence-electron chi connectivity index (χ0n) is 10.7. The van der Waals surface area contributed by atoms with Gasteiger partial charge in [-0.05, 0) is 18.6 Å². The summed E-state index contributed by atoms with van der Waals surface area (Å²) in [5.41, 5.74) is 1.93. The van der Waals surface area contributed by atoms with Crippen molar-refractivity contribution >= 4 is 5.97 Å². The molecule has 0 unspecified atom stereocenters. The summed E-state index contributed by atoms with van der Waals surface area (Å²) >= 11 is 0. The van der Waals surface area contributed by atoms with Gasteiger partial charge in [0.2, 0.25) is 0 Å². The zero-order chi connectivity index (χ0) is 13.7. The van der Waals surface area contributed by atoms with Crippen molar-refractivity contribution in [2.45, 2.75) is 13.5 Å². The standard InChI is InChI=1S/C15H14N2O2/c1-2-19-15(18)14-8-13(9-16)11-17(14)10-12-6-4-3-5-7-12/h3-8,11H,2,10H2,1H3. The van der Waals surface area contributed by atoms with Crippen LogP contribution < -0.4 is 0 Å². The number of aromatic nitrogens is 1. The maximum atomic E-state index is 11.8. The summed E-state index contributed by atoms with van der Waals surface area (Å²) in [4.78, 5) is 11.8. The van der Waals surface area contributed by atoms with Crippen LogP contribution in [0.5, 0.6) is 0 Å². The number of esters is 1. The van der Waals surface area contributed by atoms with E-state index in [2.05, 4.69) is 0 Å². The van der Waals surface area contributed by atoms with E-state index >= 15 is 0 Å². The molecule has 2 aromatic rings. The van der Waals surface area contributed by atoms with E-state index in [1.54, 1.807) is 23.8 Å². The zero-order valence-corrected chi connectivity index (χ0v) is 10.7. The Labute approximate surface area is 111 Å². The molecular weight excluding hydrogens is 240 g/mol. The number of nitrogens with zero attached hydrogens (tertiary/aromatic N) is 2. The van der Waals surface area contributed by atoms with Crippen LogP contribution in [0.3, 0.4) is 0 Å². The second-order valence-electron chi connectivity index (χ2n) is 4.06. The minimum absolute atomic E-state index is 0.317. The van der Waals surface area contributed by atoms with Crippen molar-refractivity contribution in [3.8, 4) is 6.07 Å². The minimum Gasteiger partial charge on any atom is -0.461 e. The maximum absolute atomic E-state index is 11.8. The van der Waals surface area contributed by atoms with Gasteiger partial charge in [-0.3, -0.25) is 0 Å². The number of nitriles is 1. The van der Waals surface area contributed by atoms with Crippen LogP contribution in [0.25, 0.3) is 0 Å². The molecule has 4 nitrogen and oxygen atoms in total. The lowest BCUT2D eigenvalue weighted by Gasteiger charge is -2.08. The molecule has 0 saturated carbocycles. The Hall–Kier alpha value is -2.54. The molecule has 0 fully saturated rings. The van der Waals surface area contributed by atoms with Crippen LogP contribution in [0.2, 0.25) is 0 Å². The SMILES string of the molecule is CCOC(=O)c1cc(C#N)cn1Cc1ccccc1. The van der Waals surface area contributed by atoms with Crippen LogP contribution in [-0.4, -0.2) is 17.1 Å². The smallest absolute Gasteiger partial charge is 0.354 e. The molecule has 0 N–H and O–H groups in total. The largest absolute Gasteiger partial charge is 0.461 e. The normalized spacial score (nSPS) is 9.89. The van der Waals surface area contributed by atoms with E-state index in [9.17, 15) is 4.79 Å². The van der Waals surface area contributed by atoms with Gasteiger partial charge in [-0.25, -0.2) is 4.79 Å². The van der Waals surface area contributed by atoms with Crippen LogP contribution in [0.4, 0.5) is 0 Å². The third-order valence-corrected chi connectivity index (χ3v) is 2.71. The van der Waals surface area contributed by atoms with Gasteiger partial charge in [0, 0.05) is 12.7 Å². The average molecular weight is 254 g/mol. The Morgan fingerprint density at radius 3 is 2.74 bits per heavy atom. The van der Waals surface area contributed by atoms with Crippen molar-refractivity contribution in [2.24, 2.45) is 0 Å². The van der Waals surface area contributed by atoms with Crippen molar-refractivity contribution in [1.82, 2.24) is 4.57 Å². The Bertz CT molecular complexity index is 609. The highest BCUT2D eigenvalue weighted by Gasteiger charge is 2.14. The van der Waals surface area contributed by atoms with E-state index in [0.29, 0.717) is 24.4 Å².